The normalized spacial score (nSPS) is 21.2. The van der Waals surface area contributed by atoms with Crippen LogP contribution in [0.4, 0.5) is 0 Å². The van der Waals surface area contributed by atoms with Gasteiger partial charge in [-0.3, -0.25) is 0 Å². The molecule has 0 amide bonds. The molecule has 1 fully saturated rings. The van der Waals surface area contributed by atoms with E-state index in [1.54, 1.807) is 0 Å². The van der Waals surface area contributed by atoms with Gasteiger partial charge in [0.25, 0.3) is 0 Å². The van der Waals surface area contributed by atoms with Crippen molar-refractivity contribution in [2.24, 2.45) is 11.1 Å². The van der Waals surface area contributed by atoms with E-state index >= 15 is 0 Å². The van der Waals surface area contributed by atoms with Crippen LogP contribution in [0, 0.1) is 5.41 Å². The van der Waals surface area contributed by atoms with E-state index in [0.717, 1.165) is 6.54 Å². The van der Waals surface area contributed by atoms with Crippen LogP contribution in [0.5, 0.6) is 0 Å². The molecule has 0 unspecified atom stereocenters. The molecule has 1 aliphatic rings. The van der Waals surface area contributed by atoms with Crippen LogP contribution in [0.2, 0.25) is 0 Å². The molecule has 0 aromatic heterocycles. The average Bonchev–Trinajstić information content (AvgIpc) is 2.31. The van der Waals surface area contributed by atoms with Crippen molar-refractivity contribution in [1.29, 1.82) is 0 Å². The molecule has 1 saturated heterocycles. The van der Waals surface area contributed by atoms with E-state index in [9.17, 15) is 0 Å². The Bertz CT molecular complexity index is 172. The van der Waals surface area contributed by atoms with Gasteiger partial charge in [0.2, 0.25) is 0 Å². The summed E-state index contributed by atoms with van der Waals surface area (Å²) in [7, 11) is 0. The molecule has 0 spiro atoms. The number of nitrogens with zero attached hydrogens (tertiary/aromatic N) is 1. The van der Waals surface area contributed by atoms with Gasteiger partial charge < -0.3 is 10.6 Å². The van der Waals surface area contributed by atoms with Crippen molar-refractivity contribution in [2.45, 2.75) is 58.8 Å². The first-order valence-electron chi connectivity index (χ1n) is 7.12. The summed E-state index contributed by atoms with van der Waals surface area (Å²) in [6.07, 6.45) is 9.56. The zero-order chi connectivity index (χ0) is 11.9. The van der Waals surface area contributed by atoms with Crippen molar-refractivity contribution >= 4 is 0 Å². The van der Waals surface area contributed by atoms with Gasteiger partial charge in [-0.05, 0) is 50.9 Å². The Hall–Kier alpha value is -0.0800. The molecule has 0 aromatic rings. The van der Waals surface area contributed by atoms with Gasteiger partial charge in [-0.15, -0.1) is 0 Å². The fourth-order valence-electron chi connectivity index (χ4n) is 2.46. The summed E-state index contributed by atoms with van der Waals surface area (Å²) >= 11 is 0. The fraction of sp³-hybridized carbons (Fsp3) is 1.00. The summed E-state index contributed by atoms with van der Waals surface area (Å²) in [6, 6.07) is 0. The Labute approximate surface area is 102 Å². The van der Waals surface area contributed by atoms with E-state index < -0.39 is 0 Å². The zero-order valence-electron chi connectivity index (χ0n) is 11.3. The molecule has 1 rings (SSSR count). The third kappa shape index (κ3) is 4.84. The van der Waals surface area contributed by atoms with Crippen molar-refractivity contribution in [3.8, 4) is 0 Å². The number of piperidine rings is 1. The van der Waals surface area contributed by atoms with Crippen molar-refractivity contribution in [3.63, 3.8) is 0 Å². The second kappa shape index (κ2) is 7.29. The maximum Gasteiger partial charge on any atom is -0.00131 e. The monoisotopic (exact) mass is 226 g/mol. The lowest BCUT2D eigenvalue weighted by atomic mass is 9.80. The SMILES string of the molecule is CCCCCCCN1CCC(C)(CN)CC1. The molecule has 0 bridgehead atoms. The van der Waals surface area contributed by atoms with Crippen LogP contribution in [0.1, 0.15) is 58.8 Å². The predicted molar refractivity (Wildman–Crippen MR) is 71.6 cm³/mol. The maximum atomic E-state index is 5.82. The third-order valence-electron chi connectivity index (χ3n) is 4.13. The minimum Gasteiger partial charge on any atom is -0.330 e. The number of hydrogen-bond acceptors (Lipinski definition) is 2. The highest BCUT2D eigenvalue weighted by atomic mass is 15.1. The molecule has 1 heterocycles. The Morgan fingerprint density at radius 3 is 2.25 bits per heavy atom. The molecule has 0 saturated carbocycles. The molecular formula is C14H30N2. The first-order valence-corrected chi connectivity index (χ1v) is 7.12. The topological polar surface area (TPSA) is 29.3 Å². The van der Waals surface area contributed by atoms with Crippen LogP contribution >= 0.6 is 0 Å². The molecule has 0 aromatic carbocycles. The van der Waals surface area contributed by atoms with Gasteiger partial charge >= 0.3 is 0 Å². The second-order valence-electron chi connectivity index (χ2n) is 5.77. The summed E-state index contributed by atoms with van der Waals surface area (Å²) in [5.74, 6) is 0. The number of rotatable bonds is 7. The first kappa shape index (κ1) is 14.0. The summed E-state index contributed by atoms with van der Waals surface area (Å²) in [5, 5.41) is 0. The molecule has 0 aliphatic carbocycles. The molecule has 2 N–H and O–H groups in total. The largest absolute Gasteiger partial charge is 0.330 e. The predicted octanol–water partition coefficient (Wildman–Crippen LogP) is 3.02. The molecule has 0 atom stereocenters. The lowest BCUT2D eigenvalue weighted by molar-refractivity contribution is 0.123. The standard InChI is InChI=1S/C14H30N2/c1-3-4-5-6-7-10-16-11-8-14(2,13-15)9-12-16/h3-13,15H2,1-2H3. The number of likely N-dealkylation sites (tertiary alicyclic amines) is 1. The highest BCUT2D eigenvalue weighted by Crippen LogP contribution is 2.29. The van der Waals surface area contributed by atoms with E-state index in [1.807, 2.05) is 0 Å². The molecule has 16 heavy (non-hydrogen) atoms. The highest BCUT2D eigenvalue weighted by molar-refractivity contribution is 4.82. The summed E-state index contributed by atoms with van der Waals surface area (Å²) < 4.78 is 0. The van der Waals surface area contributed by atoms with E-state index in [2.05, 4.69) is 18.7 Å². The van der Waals surface area contributed by atoms with E-state index in [0.29, 0.717) is 5.41 Å². The van der Waals surface area contributed by atoms with Gasteiger partial charge in [0, 0.05) is 0 Å². The Morgan fingerprint density at radius 1 is 1.06 bits per heavy atom. The van der Waals surface area contributed by atoms with Gasteiger partial charge in [-0.1, -0.05) is 39.5 Å². The molecule has 2 heteroatoms. The van der Waals surface area contributed by atoms with Crippen LogP contribution in [0.25, 0.3) is 0 Å². The summed E-state index contributed by atoms with van der Waals surface area (Å²) in [6.45, 7) is 9.31. The van der Waals surface area contributed by atoms with E-state index in [1.165, 1.54) is 64.6 Å². The quantitative estimate of drug-likeness (QED) is 0.676. The highest BCUT2D eigenvalue weighted by Gasteiger charge is 2.27. The van der Waals surface area contributed by atoms with Gasteiger partial charge in [0.15, 0.2) is 0 Å². The summed E-state index contributed by atoms with van der Waals surface area (Å²) in [5.41, 5.74) is 6.25. The molecular weight excluding hydrogens is 196 g/mol. The Balaban J connectivity index is 2.04. The molecule has 1 aliphatic heterocycles. The molecule has 2 nitrogen and oxygen atoms in total. The molecule has 0 radical (unpaired) electrons. The number of nitrogens with two attached hydrogens (primary N) is 1. The minimum absolute atomic E-state index is 0.429. The van der Waals surface area contributed by atoms with Crippen LogP contribution in [0.3, 0.4) is 0 Å². The minimum atomic E-state index is 0.429. The van der Waals surface area contributed by atoms with E-state index in [4.69, 9.17) is 5.73 Å². The van der Waals surface area contributed by atoms with Crippen LogP contribution < -0.4 is 5.73 Å². The van der Waals surface area contributed by atoms with Crippen molar-refractivity contribution in [1.82, 2.24) is 4.90 Å². The van der Waals surface area contributed by atoms with Gasteiger partial charge in [0.1, 0.15) is 0 Å². The Morgan fingerprint density at radius 2 is 1.69 bits per heavy atom. The molecule has 96 valence electrons. The number of unbranched alkanes of at least 4 members (excludes halogenated alkanes) is 4. The first-order chi connectivity index (χ1) is 7.70. The van der Waals surface area contributed by atoms with Gasteiger partial charge in [-0.2, -0.15) is 0 Å². The van der Waals surface area contributed by atoms with Gasteiger partial charge in [0.05, 0.1) is 0 Å². The Kier molecular flexibility index (Phi) is 6.37. The van der Waals surface area contributed by atoms with Crippen LogP contribution in [-0.4, -0.2) is 31.1 Å². The van der Waals surface area contributed by atoms with Crippen molar-refractivity contribution in [2.75, 3.05) is 26.2 Å². The van der Waals surface area contributed by atoms with Gasteiger partial charge in [-0.25, -0.2) is 0 Å². The lowest BCUT2D eigenvalue weighted by Crippen LogP contribution is -2.42. The average molecular weight is 226 g/mol. The maximum absolute atomic E-state index is 5.82. The van der Waals surface area contributed by atoms with Crippen molar-refractivity contribution < 1.29 is 0 Å². The lowest BCUT2D eigenvalue weighted by Gasteiger charge is -2.38. The van der Waals surface area contributed by atoms with Crippen LogP contribution in [0.15, 0.2) is 0 Å². The van der Waals surface area contributed by atoms with E-state index in [-0.39, 0.29) is 0 Å². The smallest absolute Gasteiger partial charge is 0.00131 e. The van der Waals surface area contributed by atoms with Crippen molar-refractivity contribution in [3.05, 3.63) is 0 Å². The van der Waals surface area contributed by atoms with Crippen LogP contribution in [-0.2, 0) is 0 Å². The second-order valence-corrected chi connectivity index (χ2v) is 5.77. The summed E-state index contributed by atoms with van der Waals surface area (Å²) in [4.78, 5) is 2.63. The zero-order valence-corrected chi connectivity index (χ0v) is 11.3. The third-order valence-corrected chi connectivity index (χ3v) is 4.13. The fourth-order valence-corrected chi connectivity index (χ4v) is 2.46. The number of hydrogen-bond donors (Lipinski definition) is 1.